The average Bonchev–Trinajstić information content (AvgIpc) is 2.26. The van der Waals surface area contributed by atoms with Crippen molar-refractivity contribution in [1.82, 2.24) is 0 Å². The van der Waals surface area contributed by atoms with Crippen LogP contribution in [0.3, 0.4) is 0 Å². The summed E-state index contributed by atoms with van der Waals surface area (Å²) in [5, 5.41) is 8.66. The van der Waals surface area contributed by atoms with E-state index in [9.17, 15) is 4.39 Å². The van der Waals surface area contributed by atoms with Crippen molar-refractivity contribution in [1.29, 1.82) is 5.26 Å². The van der Waals surface area contributed by atoms with E-state index in [0.29, 0.717) is 19.1 Å². The molecule has 0 unspecified atom stereocenters. The smallest absolute Gasteiger partial charge is 0.140 e. The quantitative estimate of drug-likeness (QED) is 0.715. The average molecular weight is 221 g/mol. The topological polar surface area (TPSA) is 33.0 Å². The van der Waals surface area contributed by atoms with Gasteiger partial charge in [-0.25, -0.2) is 4.39 Å². The van der Waals surface area contributed by atoms with Crippen molar-refractivity contribution in [2.24, 2.45) is 5.92 Å². The maximum atomic E-state index is 13.0. The predicted octanol–water partition coefficient (Wildman–Crippen LogP) is 3.26. The maximum absolute atomic E-state index is 13.0. The number of ether oxygens (including phenoxy) is 1. The van der Waals surface area contributed by atoms with Gasteiger partial charge in [-0.1, -0.05) is 19.9 Å². The number of hydrogen-bond donors (Lipinski definition) is 0. The summed E-state index contributed by atoms with van der Waals surface area (Å²) in [7, 11) is 0. The summed E-state index contributed by atoms with van der Waals surface area (Å²) in [5.74, 6) is 0.135. The molecule has 0 amide bonds. The Morgan fingerprint density at radius 2 is 2.19 bits per heavy atom. The Hall–Kier alpha value is -1.40. The molecule has 0 N–H and O–H groups in total. The zero-order chi connectivity index (χ0) is 12.0. The zero-order valence-electron chi connectivity index (χ0n) is 9.66. The number of rotatable bonds is 5. The highest BCUT2D eigenvalue weighted by Gasteiger charge is 2.02. The van der Waals surface area contributed by atoms with Crippen LogP contribution in [0.25, 0.3) is 0 Å². The van der Waals surface area contributed by atoms with Crippen LogP contribution in [0.1, 0.15) is 31.4 Å². The van der Waals surface area contributed by atoms with Crippen LogP contribution in [0.5, 0.6) is 0 Å². The standard InChI is InChI=1S/C13H16FNO/c1-10(2)5-6-16-9-11-3-4-13(14)12(7-11)8-15/h3-4,7,10H,5-6,9H2,1-2H3. The van der Waals surface area contributed by atoms with E-state index >= 15 is 0 Å². The van der Waals surface area contributed by atoms with Crippen LogP contribution in [-0.2, 0) is 11.3 Å². The molecule has 1 aromatic carbocycles. The molecule has 1 rings (SSSR count). The summed E-state index contributed by atoms with van der Waals surface area (Å²) in [5.41, 5.74) is 0.909. The molecule has 0 aliphatic heterocycles. The molecule has 0 aromatic heterocycles. The normalized spacial score (nSPS) is 10.4. The molecule has 0 saturated heterocycles. The fraction of sp³-hybridized carbons (Fsp3) is 0.462. The van der Waals surface area contributed by atoms with E-state index in [4.69, 9.17) is 10.00 Å². The van der Waals surface area contributed by atoms with Crippen molar-refractivity contribution in [3.05, 3.63) is 35.1 Å². The van der Waals surface area contributed by atoms with Crippen molar-refractivity contribution in [2.45, 2.75) is 26.9 Å². The van der Waals surface area contributed by atoms with Gasteiger partial charge in [-0.15, -0.1) is 0 Å². The Balaban J connectivity index is 2.46. The van der Waals surface area contributed by atoms with Gasteiger partial charge in [0.2, 0.25) is 0 Å². The Morgan fingerprint density at radius 1 is 1.44 bits per heavy atom. The molecule has 2 nitrogen and oxygen atoms in total. The lowest BCUT2D eigenvalue weighted by Crippen LogP contribution is -2.00. The second-order valence-electron chi connectivity index (χ2n) is 4.16. The summed E-state index contributed by atoms with van der Waals surface area (Å²) >= 11 is 0. The van der Waals surface area contributed by atoms with Crippen molar-refractivity contribution >= 4 is 0 Å². The first-order valence-electron chi connectivity index (χ1n) is 5.39. The first kappa shape index (κ1) is 12.7. The minimum Gasteiger partial charge on any atom is -0.377 e. The highest BCUT2D eigenvalue weighted by molar-refractivity contribution is 5.34. The highest BCUT2D eigenvalue weighted by Crippen LogP contribution is 2.11. The van der Waals surface area contributed by atoms with Crippen LogP contribution in [-0.4, -0.2) is 6.61 Å². The molecule has 0 heterocycles. The number of hydrogen-bond acceptors (Lipinski definition) is 2. The van der Waals surface area contributed by atoms with E-state index in [2.05, 4.69) is 13.8 Å². The Morgan fingerprint density at radius 3 is 2.81 bits per heavy atom. The minimum atomic E-state index is -0.478. The first-order valence-corrected chi connectivity index (χ1v) is 5.39. The molecule has 0 spiro atoms. The van der Waals surface area contributed by atoms with Crippen LogP contribution >= 0.6 is 0 Å². The fourth-order valence-corrected chi connectivity index (χ4v) is 1.26. The van der Waals surface area contributed by atoms with Gasteiger partial charge >= 0.3 is 0 Å². The van der Waals surface area contributed by atoms with Gasteiger partial charge in [0.15, 0.2) is 0 Å². The SMILES string of the molecule is CC(C)CCOCc1ccc(F)c(C#N)c1. The Labute approximate surface area is 95.7 Å². The molecule has 3 heteroatoms. The van der Waals surface area contributed by atoms with Gasteiger partial charge in [-0.3, -0.25) is 0 Å². The summed E-state index contributed by atoms with van der Waals surface area (Å²) in [6.07, 6.45) is 1.01. The highest BCUT2D eigenvalue weighted by atomic mass is 19.1. The molecule has 86 valence electrons. The molecule has 16 heavy (non-hydrogen) atoms. The zero-order valence-corrected chi connectivity index (χ0v) is 9.66. The van der Waals surface area contributed by atoms with Crippen LogP contribution in [0, 0.1) is 23.1 Å². The second kappa shape index (κ2) is 6.24. The summed E-state index contributed by atoms with van der Waals surface area (Å²) in [6.45, 7) is 5.39. The number of nitrogens with zero attached hydrogens (tertiary/aromatic N) is 1. The molecule has 0 atom stereocenters. The second-order valence-corrected chi connectivity index (χ2v) is 4.16. The van der Waals surface area contributed by atoms with E-state index in [1.54, 1.807) is 6.07 Å². The van der Waals surface area contributed by atoms with Gasteiger partial charge in [-0.05, 0) is 30.0 Å². The first-order chi connectivity index (χ1) is 7.63. The lowest BCUT2D eigenvalue weighted by molar-refractivity contribution is 0.110. The van der Waals surface area contributed by atoms with Crippen LogP contribution in [0.4, 0.5) is 4.39 Å². The van der Waals surface area contributed by atoms with Crippen molar-refractivity contribution in [3.63, 3.8) is 0 Å². The van der Waals surface area contributed by atoms with Crippen LogP contribution in [0.15, 0.2) is 18.2 Å². The van der Waals surface area contributed by atoms with Crippen molar-refractivity contribution in [2.75, 3.05) is 6.61 Å². The molecule has 0 aliphatic rings. The third kappa shape index (κ3) is 4.00. The van der Waals surface area contributed by atoms with Gasteiger partial charge < -0.3 is 4.74 Å². The fourth-order valence-electron chi connectivity index (χ4n) is 1.26. The molecular formula is C13H16FNO. The molecule has 0 saturated carbocycles. The third-order valence-corrected chi connectivity index (χ3v) is 2.26. The van der Waals surface area contributed by atoms with E-state index in [0.717, 1.165) is 12.0 Å². The molecule has 0 fully saturated rings. The predicted molar refractivity (Wildman–Crippen MR) is 60.2 cm³/mol. The number of benzene rings is 1. The van der Waals surface area contributed by atoms with Crippen molar-refractivity contribution < 1.29 is 9.13 Å². The summed E-state index contributed by atoms with van der Waals surface area (Å²) < 4.78 is 18.4. The third-order valence-electron chi connectivity index (χ3n) is 2.26. The van der Waals surface area contributed by atoms with E-state index in [1.165, 1.54) is 12.1 Å². The molecular weight excluding hydrogens is 205 g/mol. The molecule has 0 radical (unpaired) electrons. The molecule has 0 bridgehead atoms. The van der Waals surface area contributed by atoms with Crippen molar-refractivity contribution in [3.8, 4) is 6.07 Å². The van der Waals surface area contributed by atoms with E-state index in [-0.39, 0.29) is 5.56 Å². The van der Waals surface area contributed by atoms with Gasteiger partial charge in [0.1, 0.15) is 11.9 Å². The molecule has 1 aromatic rings. The van der Waals surface area contributed by atoms with Gasteiger partial charge in [0.05, 0.1) is 12.2 Å². The largest absolute Gasteiger partial charge is 0.377 e. The van der Waals surface area contributed by atoms with E-state index in [1.807, 2.05) is 6.07 Å². The van der Waals surface area contributed by atoms with Crippen LogP contribution < -0.4 is 0 Å². The van der Waals surface area contributed by atoms with Gasteiger partial charge in [0.25, 0.3) is 0 Å². The van der Waals surface area contributed by atoms with Gasteiger partial charge in [0, 0.05) is 6.61 Å². The van der Waals surface area contributed by atoms with E-state index < -0.39 is 5.82 Å². The monoisotopic (exact) mass is 221 g/mol. The number of halogens is 1. The molecule has 0 aliphatic carbocycles. The lowest BCUT2D eigenvalue weighted by Gasteiger charge is -2.06. The Kier molecular flexibility index (Phi) is 4.94. The maximum Gasteiger partial charge on any atom is 0.140 e. The Bertz CT molecular complexity index is 382. The summed E-state index contributed by atoms with van der Waals surface area (Å²) in [6, 6.07) is 6.30. The number of nitriles is 1. The van der Waals surface area contributed by atoms with Crippen LogP contribution in [0.2, 0.25) is 0 Å². The lowest BCUT2D eigenvalue weighted by atomic mass is 10.1. The van der Waals surface area contributed by atoms with Gasteiger partial charge in [-0.2, -0.15) is 5.26 Å². The minimum absolute atomic E-state index is 0.0740. The summed E-state index contributed by atoms with van der Waals surface area (Å²) in [4.78, 5) is 0.